The Balaban J connectivity index is 1.69. The quantitative estimate of drug-likeness (QED) is 0.426. The number of hydrogen-bond donors (Lipinski definition) is 1. The summed E-state index contributed by atoms with van der Waals surface area (Å²) in [7, 11) is 0. The van der Waals surface area contributed by atoms with E-state index in [0.29, 0.717) is 18.1 Å². The van der Waals surface area contributed by atoms with E-state index in [1.807, 2.05) is 86.6 Å². The number of nitrogens with zero attached hydrogens (tertiary/aromatic N) is 3. The van der Waals surface area contributed by atoms with Gasteiger partial charge < -0.3 is 10.1 Å². The topological polar surface area (TPSA) is 69.0 Å². The van der Waals surface area contributed by atoms with Gasteiger partial charge in [-0.1, -0.05) is 48.9 Å². The van der Waals surface area contributed by atoms with Crippen molar-refractivity contribution in [1.82, 2.24) is 14.8 Å². The Kier molecular flexibility index (Phi) is 6.31. The highest BCUT2D eigenvalue weighted by Gasteiger charge is 2.19. The van der Waals surface area contributed by atoms with Gasteiger partial charge in [-0.15, -0.1) is 5.10 Å². The van der Waals surface area contributed by atoms with Crippen LogP contribution in [-0.2, 0) is 6.42 Å². The molecule has 0 fully saturated rings. The number of nitrogens with one attached hydrogen (secondary N) is 1. The van der Waals surface area contributed by atoms with E-state index in [4.69, 9.17) is 4.74 Å². The van der Waals surface area contributed by atoms with Crippen LogP contribution in [0.1, 0.15) is 35.6 Å². The molecule has 4 rings (SSSR count). The maximum Gasteiger partial charge on any atom is 0.295 e. The number of aryl methyl sites for hydroxylation is 2. The number of rotatable bonds is 7. The lowest BCUT2D eigenvalue weighted by Crippen LogP contribution is -2.14. The van der Waals surface area contributed by atoms with Gasteiger partial charge in [0.15, 0.2) is 5.82 Å². The van der Waals surface area contributed by atoms with E-state index in [-0.39, 0.29) is 11.7 Å². The molecule has 0 atom stereocenters. The Morgan fingerprint density at radius 3 is 2.25 bits per heavy atom. The Hall–Kier alpha value is -3.93. The summed E-state index contributed by atoms with van der Waals surface area (Å²) in [4.78, 5) is 17.5. The number of amides is 1. The SMILES string of the molecule is CCOc1ccc(-n2nc(C(=O)Nc3ccc(CC)cc3)nc2-c2ccc(C)cc2)cc1. The standard InChI is InChI=1S/C26H26N4O2/c1-4-19-8-12-21(13-9-19)27-26(31)24-28-25(20-10-6-18(3)7-11-20)30(29-24)22-14-16-23(17-15-22)32-5-2/h6-17H,4-5H2,1-3H3,(H,27,31). The van der Waals surface area contributed by atoms with E-state index in [1.54, 1.807) is 4.68 Å². The first-order valence-corrected chi connectivity index (χ1v) is 10.7. The van der Waals surface area contributed by atoms with Gasteiger partial charge in [0, 0.05) is 11.3 Å². The highest BCUT2D eigenvalue weighted by Crippen LogP contribution is 2.24. The Morgan fingerprint density at radius 1 is 0.938 bits per heavy atom. The normalized spacial score (nSPS) is 10.7. The molecule has 0 aliphatic rings. The minimum Gasteiger partial charge on any atom is -0.494 e. The van der Waals surface area contributed by atoms with Crippen LogP contribution in [0, 0.1) is 6.92 Å². The minimum absolute atomic E-state index is 0.106. The smallest absolute Gasteiger partial charge is 0.295 e. The summed E-state index contributed by atoms with van der Waals surface area (Å²) in [6, 6.07) is 23.4. The van der Waals surface area contributed by atoms with Crippen molar-refractivity contribution in [2.75, 3.05) is 11.9 Å². The zero-order valence-electron chi connectivity index (χ0n) is 18.5. The molecule has 6 heteroatoms. The van der Waals surface area contributed by atoms with Crippen LogP contribution in [0.15, 0.2) is 72.8 Å². The molecule has 0 spiro atoms. The van der Waals surface area contributed by atoms with Crippen LogP contribution in [0.4, 0.5) is 5.69 Å². The average Bonchev–Trinajstić information content (AvgIpc) is 3.26. The number of carbonyl (C=O) groups excluding carboxylic acids is 1. The molecule has 3 aromatic carbocycles. The van der Waals surface area contributed by atoms with Crippen LogP contribution >= 0.6 is 0 Å². The van der Waals surface area contributed by atoms with Gasteiger partial charge in [0.2, 0.25) is 5.82 Å². The van der Waals surface area contributed by atoms with Gasteiger partial charge in [-0.3, -0.25) is 4.79 Å². The van der Waals surface area contributed by atoms with Crippen LogP contribution in [0.5, 0.6) is 5.75 Å². The summed E-state index contributed by atoms with van der Waals surface area (Å²) in [5.41, 5.74) is 4.74. The molecule has 0 saturated carbocycles. The largest absolute Gasteiger partial charge is 0.494 e. The van der Waals surface area contributed by atoms with E-state index in [1.165, 1.54) is 5.56 Å². The van der Waals surface area contributed by atoms with Crippen molar-refractivity contribution in [3.05, 3.63) is 89.7 Å². The summed E-state index contributed by atoms with van der Waals surface area (Å²) < 4.78 is 7.23. The third-order valence-electron chi connectivity index (χ3n) is 5.13. The summed E-state index contributed by atoms with van der Waals surface area (Å²) in [6.45, 7) is 6.67. The van der Waals surface area contributed by atoms with Crippen LogP contribution in [0.2, 0.25) is 0 Å². The fraction of sp³-hybridized carbons (Fsp3) is 0.192. The van der Waals surface area contributed by atoms with Gasteiger partial charge in [0.1, 0.15) is 5.75 Å². The van der Waals surface area contributed by atoms with Gasteiger partial charge >= 0.3 is 0 Å². The predicted molar refractivity (Wildman–Crippen MR) is 126 cm³/mol. The van der Waals surface area contributed by atoms with Crippen molar-refractivity contribution in [1.29, 1.82) is 0 Å². The molecule has 32 heavy (non-hydrogen) atoms. The average molecular weight is 427 g/mol. The summed E-state index contributed by atoms with van der Waals surface area (Å²) in [5, 5.41) is 7.43. The summed E-state index contributed by atoms with van der Waals surface area (Å²) in [6.07, 6.45) is 0.947. The van der Waals surface area contributed by atoms with E-state index in [0.717, 1.165) is 29.0 Å². The van der Waals surface area contributed by atoms with Gasteiger partial charge in [-0.05, 0) is 62.2 Å². The number of anilines is 1. The molecule has 1 N–H and O–H groups in total. The number of benzene rings is 3. The Bertz CT molecular complexity index is 1190. The zero-order chi connectivity index (χ0) is 22.5. The van der Waals surface area contributed by atoms with Crippen LogP contribution in [0.3, 0.4) is 0 Å². The third-order valence-corrected chi connectivity index (χ3v) is 5.13. The lowest BCUT2D eigenvalue weighted by atomic mass is 10.1. The predicted octanol–water partition coefficient (Wildman–Crippen LogP) is 5.46. The molecular formula is C26H26N4O2. The number of hydrogen-bond acceptors (Lipinski definition) is 4. The van der Waals surface area contributed by atoms with E-state index in [2.05, 4.69) is 22.3 Å². The van der Waals surface area contributed by atoms with Gasteiger partial charge in [0.25, 0.3) is 5.91 Å². The molecular weight excluding hydrogens is 400 g/mol. The summed E-state index contributed by atoms with van der Waals surface area (Å²) >= 11 is 0. The second kappa shape index (κ2) is 9.47. The van der Waals surface area contributed by atoms with Crippen molar-refractivity contribution in [3.63, 3.8) is 0 Å². The zero-order valence-corrected chi connectivity index (χ0v) is 18.5. The van der Waals surface area contributed by atoms with Crippen molar-refractivity contribution >= 4 is 11.6 Å². The highest BCUT2D eigenvalue weighted by atomic mass is 16.5. The number of carbonyl (C=O) groups is 1. The molecule has 0 radical (unpaired) electrons. The molecule has 0 saturated heterocycles. The second-order valence-electron chi connectivity index (χ2n) is 7.47. The molecule has 6 nitrogen and oxygen atoms in total. The second-order valence-corrected chi connectivity index (χ2v) is 7.47. The molecule has 4 aromatic rings. The molecule has 162 valence electrons. The van der Waals surface area contributed by atoms with Crippen molar-refractivity contribution in [2.24, 2.45) is 0 Å². The van der Waals surface area contributed by atoms with E-state index >= 15 is 0 Å². The maximum atomic E-state index is 12.9. The van der Waals surface area contributed by atoms with Gasteiger partial charge in [-0.25, -0.2) is 9.67 Å². The van der Waals surface area contributed by atoms with E-state index < -0.39 is 0 Å². The van der Waals surface area contributed by atoms with Crippen LogP contribution < -0.4 is 10.1 Å². The highest BCUT2D eigenvalue weighted by molar-refractivity contribution is 6.01. The molecule has 0 unspecified atom stereocenters. The van der Waals surface area contributed by atoms with Crippen LogP contribution in [-0.4, -0.2) is 27.3 Å². The third kappa shape index (κ3) is 4.70. The van der Waals surface area contributed by atoms with Crippen molar-refractivity contribution in [3.8, 4) is 22.8 Å². The van der Waals surface area contributed by atoms with Gasteiger partial charge in [0.05, 0.1) is 12.3 Å². The Labute approximate surface area is 187 Å². The first-order chi connectivity index (χ1) is 15.6. The van der Waals surface area contributed by atoms with Crippen molar-refractivity contribution < 1.29 is 9.53 Å². The number of ether oxygens (including phenoxy) is 1. The van der Waals surface area contributed by atoms with E-state index in [9.17, 15) is 4.79 Å². The summed E-state index contributed by atoms with van der Waals surface area (Å²) in [5.74, 6) is 1.13. The lowest BCUT2D eigenvalue weighted by Gasteiger charge is -2.08. The minimum atomic E-state index is -0.354. The maximum absolute atomic E-state index is 12.9. The molecule has 1 heterocycles. The molecule has 1 aromatic heterocycles. The molecule has 0 aliphatic carbocycles. The fourth-order valence-electron chi connectivity index (χ4n) is 3.34. The van der Waals surface area contributed by atoms with Crippen molar-refractivity contribution in [2.45, 2.75) is 27.2 Å². The lowest BCUT2D eigenvalue weighted by molar-refractivity contribution is 0.101. The monoisotopic (exact) mass is 426 g/mol. The molecule has 1 amide bonds. The molecule has 0 bridgehead atoms. The first kappa shape index (κ1) is 21.3. The number of aromatic nitrogens is 3. The van der Waals surface area contributed by atoms with Crippen LogP contribution in [0.25, 0.3) is 17.1 Å². The first-order valence-electron chi connectivity index (χ1n) is 10.7. The fourth-order valence-corrected chi connectivity index (χ4v) is 3.34. The molecule has 0 aliphatic heterocycles. The Morgan fingerprint density at radius 2 is 1.62 bits per heavy atom. The van der Waals surface area contributed by atoms with Gasteiger partial charge in [-0.2, -0.15) is 0 Å².